The maximum atomic E-state index is 2.36. The molecule has 0 aliphatic heterocycles. The zero-order valence-corrected chi connectivity index (χ0v) is 13.3. The molecule has 0 saturated heterocycles. The monoisotopic (exact) mass is 304 g/mol. The summed E-state index contributed by atoms with van der Waals surface area (Å²) in [5.41, 5.74) is 11.8. The van der Waals surface area contributed by atoms with Crippen molar-refractivity contribution in [1.29, 1.82) is 0 Å². The van der Waals surface area contributed by atoms with E-state index in [-0.39, 0.29) is 0 Å². The first-order valence-electron chi connectivity index (χ1n) is 8.64. The molecular weight excluding hydrogens is 288 g/mol. The molecule has 0 aromatic heterocycles. The number of rotatable bonds is 0. The lowest BCUT2D eigenvalue weighted by Gasteiger charge is -2.10. The molecule has 0 heteroatoms. The summed E-state index contributed by atoms with van der Waals surface area (Å²) in [7, 11) is 0. The average Bonchev–Trinajstić information content (AvgIpc) is 3.19. The summed E-state index contributed by atoms with van der Waals surface area (Å²) in [5.74, 6) is 0. The van der Waals surface area contributed by atoms with E-state index in [4.69, 9.17) is 0 Å². The minimum Gasteiger partial charge on any atom is -0.0619 e. The molecule has 0 fully saturated rings. The molecule has 24 heavy (non-hydrogen) atoms. The van der Waals surface area contributed by atoms with Gasteiger partial charge >= 0.3 is 0 Å². The van der Waals surface area contributed by atoms with Crippen molar-refractivity contribution in [3.8, 4) is 22.3 Å². The van der Waals surface area contributed by atoms with Gasteiger partial charge in [-0.25, -0.2) is 0 Å². The molecule has 0 unspecified atom stereocenters. The van der Waals surface area contributed by atoms with Crippen LogP contribution in [0.5, 0.6) is 0 Å². The number of hydrogen-bond acceptors (Lipinski definition) is 0. The molecule has 2 aliphatic carbocycles. The lowest BCUT2D eigenvalue weighted by atomic mass is 9.93. The van der Waals surface area contributed by atoms with Crippen molar-refractivity contribution in [2.75, 3.05) is 0 Å². The molecule has 112 valence electrons. The second-order valence-corrected chi connectivity index (χ2v) is 6.96. The van der Waals surface area contributed by atoms with E-state index in [1.807, 2.05) is 0 Å². The van der Waals surface area contributed by atoms with Gasteiger partial charge in [0.2, 0.25) is 0 Å². The van der Waals surface area contributed by atoms with Crippen molar-refractivity contribution in [2.24, 2.45) is 0 Å². The van der Waals surface area contributed by atoms with Crippen molar-refractivity contribution < 1.29 is 0 Å². The maximum absolute atomic E-state index is 2.36. The third-order valence-electron chi connectivity index (χ3n) is 5.72. The fourth-order valence-corrected chi connectivity index (χ4v) is 4.67. The summed E-state index contributed by atoms with van der Waals surface area (Å²) < 4.78 is 0. The first-order valence-corrected chi connectivity index (χ1v) is 8.64. The lowest BCUT2D eigenvalue weighted by molar-refractivity contribution is 1.24. The first kappa shape index (κ1) is 12.5. The van der Waals surface area contributed by atoms with Crippen LogP contribution in [0.1, 0.15) is 22.3 Å². The third-order valence-corrected chi connectivity index (χ3v) is 5.72. The summed E-state index contributed by atoms with van der Waals surface area (Å²) in [6, 6.07) is 27.0. The van der Waals surface area contributed by atoms with Crippen molar-refractivity contribution >= 4 is 10.8 Å². The van der Waals surface area contributed by atoms with Crippen LogP contribution < -0.4 is 0 Å². The normalized spacial score (nSPS) is 13.5. The van der Waals surface area contributed by atoms with E-state index in [1.54, 1.807) is 0 Å². The molecule has 2 aliphatic rings. The van der Waals surface area contributed by atoms with Gasteiger partial charge in [-0.2, -0.15) is 0 Å². The number of hydrogen-bond donors (Lipinski definition) is 0. The lowest BCUT2D eigenvalue weighted by Crippen LogP contribution is -1.87. The predicted molar refractivity (Wildman–Crippen MR) is 100 cm³/mol. The highest BCUT2D eigenvalue weighted by atomic mass is 14.3. The molecule has 4 aromatic carbocycles. The number of fused-ring (bicyclic) bond motifs is 9. The zero-order chi connectivity index (χ0) is 15.7. The van der Waals surface area contributed by atoms with Gasteiger partial charge in [0.05, 0.1) is 0 Å². The van der Waals surface area contributed by atoms with E-state index < -0.39 is 0 Å². The maximum Gasteiger partial charge on any atom is -0.000705 e. The van der Waals surface area contributed by atoms with E-state index in [0.717, 1.165) is 12.8 Å². The number of benzene rings is 4. The van der Waals surface area contributed by atoms with Crippen LogP contribution >= 0.6 is 0 Å². The molecule has 0 spiro atoms. The molecule has 0 atom stereocenters. The minimum absolute atomic E-state index is 1.06. The Morgan fingerprint density at radius 1 is 0.500 bits per heavy atom. The van der Waals surface area contributed by atoms with Crippen molar-refractivity contribution in [3.63, 3.8) is 0 Å². The Balaban J connectivity index is 1.72. The minimum atomic E-state index is 1.06. The van der Waals surface area contributed by atoms with Crippen LogP contribution in [0.15, 0.2) is 72.8 Å². The van der Waals surface area contributed by atoms with Gasteiger partial charge in [0.1, 0.15) is 0 Å². The van der Waals surface area contributed by atoms with Gasteiger partial charge in [-0.1, -0.05) is 72.8 Å². The molecule has 0 heterocycles. The van der Waals surface area contributed by atoms with Gasteiger partial charge in [0, 0.05) is 0 Å². The third kappa shape index (κ3) is 1.48. The summed E-state index contributed by atoms with van der Waals surface area (Å²) in [6.07, 6.45) is 2.13. The Labute approximate surface area is 141 Å². The molecule has 0 saturated carbocycles. The highest BCUT2D eigenvalue weighted by molar-refractivity contribution is 6.01. The van der Waals surface area contributed by atoms with E-state index >= 15 is 0 Å². The summed E-state index contributed by atoms with van der Waals surface area (Å²) in [4.78, 5) is 0. The molecular formula is C24H16. The Morgan fingerprint density at radius 3 is 2.21 bits per heavy atom. The molecule has 0 N–H and O–H groups in total. The Kier molecular flexibility index (Phi) is 2.28. The van der Waals surface area contributed by atoms with E-state index in [9.17, 15) is 0 Å². The standard InChI is InChI=1S/C24H16/c1-3-7-19-15(5-1)11-12-21-22(19)14-18-10-9-17-13-16-6-2-4-8-20(16)23(17)24(18)21/h1-12H,13-14H2. The van der Waals surface area contributed by atoms with Crippen LogP contribution in [0.4, 0.5) is 0 Å². The molecule has 6 rings (SSSR count). The van der Waals surface area contributed by atoms with Gasteiger partial charge in [0.25, 0.3) is 0 Å². The smallest absolute Gasteiger partial charge is 0.000705 e. The van der Waals surface area contributed by atoms with Crippen molar-refractivity contribution in [3.05, 3.63) is 95.1 Å². The summed E-state index contributed by atoms with van der Waals surface area (Å²) in [6.45, 7) is 0. The second kappa shape index (κ2) is 4.36. The fourth-order valence-electron chi connectivity index (χ4n) is 4.67. The Hall–Kier alpha value is -2.86. The van der Waals surface area contributed by atoms with E-state index in [0.29, 0.717) is 0 Å². The van der Waals surface area contributed by atoms with Gasteiger partial charge in [0.15, 0.2) is 0 Å². The molecule has 0 nitrogen and oxygen atoms in total. The molecule has 0 radical (unpaired) electrons. The highest BCUT2D eigenvalue weighted by Crippen LogP contribution is 2.50. The summed E-state index contributed by atoms with van der Waals surface area (Å²) >= 11 is 0. The largest absolute Gasteiger partial charge is 0.0619 e. The second-order valence-electron chi connectivity index (χ2n) is 6.96. The highest BCUT2D eigenvalue weighted by Gasteiger charge is 2.29. The topological polar surface area (TPSA) is 0 Å². The quantitative estimate of drug-likeness (QED) is 0.324. The fraction of sp³-hybridized carbons (Fsp3) is 0.0833. The Bertz CT molecular complexity index is 1150. The summed E-state index contributed by atoms with van der Waals surface area (Å²) in [5, 5.41) is 2.76. The van der Waals surface area contributed by atoms with Gasteiger partial charge in [-0.15, -0.1) is 0 Å². The molecule has 0 bridgehead atoms. The van der Waals surface area contributed by atoms with E-state index in [1.165, 1.54) is 55.3 Å². The zero-order valence-electron chi connectivity index (χ0n) is 13.3. The molecule has 0 amide bonds. The predicted octanol–water partition coefficient (Wildman–Crippen LogP) is 5.98. The first-order chi connectivity index (χ1) is 11.9. The van der Waals surface area contributed by atoms with Crippen LogP contribution in [-0.2, 0) is 12.8 Å². The molecule has 4 aromatic rings. The SMILES string of the molecule is c1ccc2c(c1)Cc1ccc3c(c1-2)-c1ccc2ccccc2c1C3. The van der Waals surface area contributed by atoms with Gasteiger partial charge in [-0.3, -0.25) is 0 Å². The van der Waals surface area contributed by atoms with E-state index in [2.05, 4.69) is 72.8 Å². The Morgan fingerprint density at radius 2 is 1.25 bits per heavy atom. The van der Waals surface area contributed by atoms with Gasteiger partial charge < -0.3 is 0 Å². The van der Waals surface area contributed by atoms with Crippen LogP contribution in [0, 0.1) is 0 Å². The van der Waals surface area contributed by atoms with Crippen LogP contribution in [-0.4, -0.2) is 0 Å². The van der Waals surface area contributed by atoms with Crippen LogP contribution in [0.25, 0.3) is 33.0 Å². The van der Waals surface area contributed by atoms with Crippen LogP contribution in [0.3, 0.4) is 0 Å². The van der Waals surface area contributed by atoms with Crippen molar-refractivity contribution in [1.82, 2.24) is 0 Å². The van der Waals surface area contributed by atoms with Gasteiger partial charge in [-0.05, 0) is 68.1 Å². The average molecular weight is 304 g/mol. The van der Waals surface area contributed by atoms with Crippen molar-refractivity contribution in [2.45, 2.75) is 12.8 Å². The van der Waals surface area contributed by atoms with Crippen LogP contribution in [0.2, 0.25) is 0 Å².